The molecule has 3 nitrogen and oxygen atoms in total. The molecule has 0 atom stereocenters. The third kappa shape index (κ3) is 5.16. The van der Waals surface area contributed by atoms with E-state index < -0.39 is 0 Å². The average molecular weight is 447 g/mol. The lowest BCUT2D eigenvalue weighted by Crippen LogP contribution is -2.01. The molecule has 0 unspecified atom stereocenters. The van der Waals surface area contributed by atoms with Gasteiger partial charge in [-0.1, -0.05) is 49.6 Å². The van der Waals surface area contributed by atoms with Gasteiger partial charge < -0.3 is 9.47 Å². The molecule has 0 saturated heterocycles. The summed E-state index contributed by atoms with van der Waals surface area (Å²) in [6.07, 6.45) is 0. The maximum atomic E-state index is 13.0. The minimum atomic E-state index is -0.0669. The van der Waals surface area contributed by atoms with Crippen molar-refractivity contribution in [3.05, 3.63) is 132 Å². The zero-order chi connectivity index (χ0) is 24.1. The fourth-order valence-electron chi connectivity index (χ4n) is 3.59. The second-order valence-electron chi connectivity index (χ2n) is 8.13. The first-order chi connectivity index (χ1) is 16.4. The van der Waals surface area contributed by atoms with E-state index in [1.165, 1.54) is 0 Å². The monoisotopic (exact) mass is 446 g/mol. The molecule has 0 saturated carbocycles. The molecule has 0 aliphatic carbocycles. The molecule has 0 radical (unpaired) electrons. The third-order valence-electron chi connectivity index (χ3n) is 5.38. The maximum absolute atomic E-state index is 13.0. The van der Waals surface area contributed by atoms with Crippen LogP contribution in [0.25, 0.3) is 11.1 Å². The Morgan fingerprint density at radius 1 is 0.559 bits per heavy atom. The first kappa shape index (κ1) is 22.8. The van der Waals surface area contributed by atoms with E-state index in [4.69, 9.17) is 9.47 Å². The summed E-state index contributed by atoms with van der Waals surface area (Å²) >= 11 is 0. The first-order valence-corrected chi connectivity index (χ1v) is 11.0. The standard InChI is InChI=1S/C31H26O3/c1-21(2)27-9-5-7-11-29(27)33-25-17-13-23(14-18-25)31(32)24-15-19-26(20-16-24)34-30-12-8-6-10-28(30)22(3)4/h5-20H,1,3H2,2,4H3. The molecule has 0 amide bonds. The van der Waals surface area contributed by atoms with Crippen LogP contribution in [-0.2, 0) is 0 Å². The molecule has 0 aliphatic rings. The Kier molecular flexibility index (Phi) is 6.74. The van der Waals surface area contributed by atoms with Crippen LogP contribution in [0.3, 0.4) is 0 Å². The van der Waals surface area contributed by atoms with Crippen molar-refractivity contribution in [2.75, 3.05) is 0 Å². The van der Waals surface area contributed by atoms with Gasteiger partial charge in [0.2, 0.25) is 0 Å². The second-order valence-corrected chi connectivity index (χ2v) is 8.13. The van der Waals surface area contributed by atoms with Crippen molar-refractivity contribution >= 4 is 16.9 Å². The number of para-hydroxylation sites is 2. The summed E-state index contributed by atoms with van der Waals surface area (Å²) in [5.41, 5.74) is 4.94. The van der Waals surface area contributed by atoms with Crippen LogP contribution in [0.5, 0.6) is 23.0 Å². The fraction of sp³-hybridized carbons (Fsp3) is 0.0645. The van der Waals surface area contributed by atoms with Gasteiger partial charge in [-0.3, -0.25) is 4.79 Å². The van der Waals surface area contributed by atoms with Gasteiger partial charge in [0.05, 0.1) is 0 Å². The zero-order valence-electron chi connectivity index (χ0n) is 19.4. The summed E-state index contributed by atoms with van der Waals surface area (Å²) in [5, 5.41) is 0. The minimum Gasteiger partial charge on any atom is -0.457 e. The SMILES string of the molecule is C=C(C)c1ccccc1Oc1ccc(C(=O)c2ccc(Oc3ccccc3C(=C)C)cc2)cc1. The molecule has 3 heteroatoms. The summed E-state index contributed by atoms with van der Waals surface area (Å²) in [6, 6.07) is 29.8. The number of carbonyl (C=O) groups is 1. The minimum absolute atomic E-state index is 0.0669. The van der Waals surface area contributed by atoms with Crippen LogP contribution in [-0.4, -0.2) is 5.78 Å². The van der Waals surface area contributed by atoms with Gasteiger partial charge in [-0.2, -0.15) is 0 Å². The van der Waals surface area contributed by atoms with E-state index in [2.05, 4.69) is 13.2 Å². The summed E-state index contributed by atoms with van der Waals surface area (Å²) in [6.45, 7) is 11.9. The highest BCUT2D eigenvalue weighted by molar-refractivity contribution is 6.09. The van der Waals surface area contributed by atoms with Gasteiger partial charge in [-0.25, -0.2) is 0 Å². The molecule has 0 aliphatic heterocycles. The number of carbonyl (C=O) groups excluding carboxylic acids is 1. The lowest BCUT2D eigenvalue weighted by atomic mass is 10.0. The Morgan fingerprint density at radius 2 is 0.912 bits per heavy atom. The van der Waals surface area contributed by atoms with Crippen molar-refractivity contribution in [3.8, 4) is 23.0 Å². The number of benzene rings is 4. The lowest BCUT2D eigenvalue weighted by molar-refractivity contribution is 0.103. The van der Waals surface area contributed by atoms with E-state index in [1.54, 1.807) is 48.5 Å². The average Bonchev–Trinajstić information content (AvgIpc) is 2.85. The van der Waals surface area contributed by atoms with Crippen LogP contribution < -0.4 is 9.47 Å². The van der Waals surface area contributed by atoms with Crippen LogP contribution in [0.15, 0.2) is 110 Å². The van der Waals surface area contributed by atoms with Crippen LogP contribution in [0.1, 0.15) is 40.9 Å². The van der Waals surface area contributed by atoms with E-state index in [9.17, 15) is 4.79 Å². The van der Waals surface area contributed by atoms with Gasteiger partial charge in [0.1, 0.15) is 23.0 Å². The predicted molar refractivity (Wildman–Crippen MR) is 139 cm³/mol. The molecule has 4 aromatic carbocycles. The topological polar surface area (TPSA) is 35.5 Å². The molecule has 4 aromatic rings. The number of ether oxygens (including phenoxy) is 2. The van der Waals surface area contributed by atoms with Gasteiger partial charge >= 0.3 is 0 Å². The number of ketones is 1. The maximum Gasteiger partial charge on any atom is 0.193 e. The predicted octanol–water partition coefficient (Wildman–Crippen LogP) is 8.57. The normalized spacial score (nSPS) is 10.4. The zero-order valence-corrected chi connectivity index (χ0v) is 19.4. The van der Waals surface area contributed by atoms with E-state index in [0.717, 1.165) is 33.8 Å². The molecular formula is C31H26O3. The molecule has 0 heterocycles. The molecule has 0 bridgehead atoms. The van der Waals surface area contributed by atoms with Gasteiger partial charge in [0.25, 0.3) is 0 Å². The quantitative estimate of drug-likeness (QED) is 0.254. The van der Waals surface area contributed by atoms with Crippen molar-refractivity contribution in [2.24, 2.45) is 0 Å². The Balaban J connectivity index is 1.46. The Hall–Kier alpha value is -4.37. The highest BCUT2D eigenvalue weighted by Crippen LogP contribution is 2.31. The largest absolute Gasteiger partial charge is 0.457 e. The summed E-state index contributed by atoms with van der Waals surface area (Å²) in [5.74, 6) is 2.72. The number of allylic oxidation sites excluding steroid dienone is 2. The van der Waals surface area contributed by atoms with Gasteiger partial charge in [-0.05, 0) is 85.7 Å². The molecule has 0 spiro atoms. The van der Waals surface area contributed by atoms with Crippen molar-refractivity contribution in [2.45, 2.75) is 13.8 Å². The second kappa shape index (κ2) is 10.1. The number of rotatable bonds is 8. The molecular weight excluding hydrogens is 420 g/mol. The van der Waals surface area contributed by atoms with Crippen molar-refractivity contribution < 1.29 is 14.3 Å². The Labute approximate surface area is 200 Å². The first-order valence-electron chi connectivity index (χ1n) is 11.0. The summed E-state index contributed by atoms with van der Waals surface area (Å²) < 4.78 is 12.0. The molecule has 4 rings (SSSR count). The highest BCUT2D eigenvalue weighted by Gasteiger charge is 2.11. The molecule has 168 valence electrons. The van der Waals surface area contributed by atoms with E-state index >= 15 is 0 Å². The van der Waals surface area contributed by atoms with E-state index in [1.807, 2.05) is 62.4 Å². The van der Waals surface area contributed by atoms with Gasteiger partial charge in [-0.15, -0.1) is 0 Å². The van der Waals surface area contributed by atoms with Crippen molar-refractivity contribution in [1.82, 2.24) is 0 Å². The third-order valence-corrected chi connectivity index (χ3v) is 5.38. The van der Waals surface area contributed by atoms with E-state index in [0.29, 0.717) is 22.6 Å². The molecule has 0 N–H and O–H groups in total. The number of hydrogen-bond donors (Lipinski definition) is 0. The smallest absolute Gasteiger partial charge is 0.193 e. The fourth-order valence-corrected chi connectivity index (χ4v) is 3.59. The molecule has 34 heavy (non-hydrogen) atoms. The summed E-state index contributed by atoms with van der Waals surface area (Å²) in [4.78, 5) is 13.0. The summed E-state index contributed by atoms with van der Waals surface area (Å²) in [7, 11) is 0. The Bertz CT molecular complexity index is 1240. The van der Waals surface area contributed by atoms with Crippen LogP contribution in [0.4, 0.5) is 0 Å². The van der Waals surface area contributed by atoms with Crippen LogP contribution in [0.2, 0.25) is 0 Å². The van der Waals surface area contributed by atoms with Gasteiger partial charge in [0.15, 0.2) is 5.78 Å². The Morgan fingerprint density at radius 3 is 1.26 bits per heavy atom. The molecule has 0 aromatic heterocycles. The van der Waals surface area contributed by atoms with Crippen LogP contribution in [0, 0.1) is 0 Å². The highest BCUT2D eigenvalue weighted by atomic mass is 16.5. The van der Waals surface area contributed by atoms with Gasteiger partial charge in [0, 0.05) is 22.3 Å². The van der Waals surface area contributed by atoms with E-state index in [-0.39, 0.29) is 5.78 Å². The van der Waals surface area contributed by atoms with Crippen LogP contribution >= 0.6 is 0 Å². The van der Waals surface area contributed by atoms with Crippen molar-refractivity contribution in [1.29, 1.82) is 0 Å². The number of hydrogen-bond acceptors (Lipinski definition) is 3. The molecule has 0 fully saturated rings. The lowest BCUT2D eigenvalue weighted by Gasteiger charge is -2.12. The van der Waals surface area contributed by atoms with Crippen molar-refractivity contribution in [3.63, 3.8) is 0 Å².